The molecular formula is C29H26ClF3N6O3. The first kappa shape index (κ1) is 26.8. The van der Waals surface area contributed by atoms with Crippen LogP contribution in [0.25, 0.3) is 11.1 Å². The van der Waals surface area contributed by atoms with E-state index in [1.54, 1.807) is 29.2 Å². The first-order valence-electron chi connectivity index (χ1n) is 13.6. The van der Waals surface area contributed by atoms with Gasteiger partial charge in [0, 0.05) is 42.3 Å². The van der Waals surface area contributed by atoms with Crippen molar-refractivity contribution in [3.05, 3.63) is 71.0 Å². The van der Waals surface area contributed by atoms with Crippen LogP contribution in [-0.4, -0.2) is 65.6 Å². The highest BCUT2D eigenvalue weighted by atomic mass is 35.5. The molecule has 3 aliphatic heterocycles. The second-order valence-electron chi connectivity index (χ2n) is 11.2. The van der Waals surface area contributed by atoms with E-state index < -0.39 is 12.8 Å². The minimum atomic E-state index is -4.52. The van der Waals surface area contributed by atoms with Gasteiger partial charge >= 0.3 is 6.18 Å². The Labute approximate surface area is 243 Å². The molecule has 3 aromatic rings. The summed E-state index contributed by atoms with van der Waals surface area (Å²) >= 11 is 6.00. The number of hydrazine groups is 2. The second-order valence-corrected chi connectivity index (χ2v) is 11.6. The maximum atomic E-state index is 13.5. The number of hydrogen-bond donors (Lipinski definition) is 3. The van der Waals surface area contributed by atoms with Crippen molar-refractivity contribution >= 4 is 34.8 Å². The number of likely N-dealkylation sites (tertiary alicyclic amines) is 2. The molecular weight excluding hydrogens is 573 g/mol. The molecule has 1 aromatic heterocycles. The van der Waals surface area contributed by atoms with Gasteiger partial charge in [-0.3, -0.25) is 9.59 Å². The van der Waals surface area contributed by atoms with Crippen LogP contribution in [0.5, 0.6) is 5.75 Å². The van der Waals surface area contributed by atoms with E-state index in [0.29, 0.717) is 59.7 Å². The first-order valence-corrected chi connectivity index (χ1v) is 14.0. The summed E-state index contributed by atoms with van der Waals surface area (Å²) in [6.45, 7) is 0.933. The van der Waals surface area contributed by atoms with Gasteiger partial charge in [0.15, 0.2) is 6.61 Å². The molecule has 4 aliphatic rings. The fourth-order valence-corrected chi connectivity index (χ4v) is 6.92. The number of nitrogens with zero attached hydrogens (tertiary/aromatic N) is 3. The fraction of sp³-hybridized carbons (Fsp3) is 0.345. The summed E-state index contributed by atoms with van der Waals surface area (Å²) in [5, 5.41) is 0.471. The van der Waals surface area contributed by atoms with E-state index in [-0.39, 0.29) is 35.1 Å². The van der Waals surface area contributed by atoms with E-state index in [4.69, 9.17) is 16.3 Å². The van der Waals surface area contributed by atoms with Crippen molar-refractivity contribution in [1.82, 2.24) is 20.3 Å². The Hall–Kier alpha value is -4.03. The first-order chi connectivity index (χ1) is 20.1. The Kier molecular flexibility index (Phi) is 6.43. The van der Waals surface area contributed by atoms with Gasteiger partial charge in [-0.15, -0.1) is 5.53 Å². The number of fused-ring (bicyclic) bond motifs is 5. The van der Waals surface area contributed by atoms with E-state index in [2.05, 4.69) is 21.4 Å². The molecule has 4 heterocycles. The highest BCUT2D eigenvalue weighted by molar-refractivity contribution is 6.30. The number of carbonyl (C=O) groups excluding carboxylic acids is 2. The molecule has 42 heavy (non-hydrogen) atoms. The van der Waals surface area contributed by atoms with Gasteiger partial charge in [0.1, 0.15) is 11.4 Å². The van der Waals surface area contributed by atoms with Gasteiger partial charge in [0.25, 0.3) is 11.8 Å². The van der Waals surface area contributed by atoms with Crippen molar-refractivity contribution in [3.63, 3.8) is 0 Å². The highest BCUT2D eigenvalue weighted by Crippen LogP contribution is 2.54. The molecule has 2 unspecified atom stereocenters. The number of halogens is 4. The number of pyridine rings is 1. The lowest BCUT2D eigenvalue weighted by Crippen LogP contribution is -2.44. The molecule has 2 amide bonds. The number of ether oxygens (including phenoxy) is 1. The minimum absolute atomic E-state index is 0.00123. The molecule has 9 nitrogen and oxygen atoms in total. The zero-order valence-electron chi connectivity index (χ0n) is 22.1. The summed E-state index contributed by atoms with van der Waals surface area (Å²) in [6, 6.07) is 13.5. The van der Waals surface area contributed by atoms with Gasteiger partial charge in [-0.2, -0.15) is 13.2 Å². The standard InChI is InChI=1S/C29H26ClF3N6O3/c30-17-4-1-15(2-5-17)18-8-25(34-9-26(18)42-14-29(31,32)33)28(41)39-12-21-19-10-38(11-20(19)22(21)13-39)27(40)16-3-6-23-24(7-16)36-37-35-23/h1-9,19-22,35-37H,10-14H2/t19-,20+,21?,22?. The third-order valence-electron chi connectivity index (χ3n) is 8.79. The molecule has 2 saturated heterocycles. The van der Waals surface area contributed by atoms with Crippen LogP contribution >= 0.6 is 11.6 Å². The SMILES string of the molecule is O=C(c1ccc2c(c1)NNN2)N1C[C@@H]2C3CN(C(=O)c4cc(-c5ccc(Cl)cc5)c(OCC(F)(F)F)cn4)CC3[C@@H]2C1. The molecule has 218 valence electrons. The van der Waals surface area contributed by atoms with Gasteiger partial charge < -0.3 is 25.4 Å². The lowest BCUT2D eigenvalue weighted by molar-refractivity contribution is -0.153. The van der Waals surface area contributed by atoms with Gasteiger partial charge in [-0.1, -0.05) is 23.7 Å². The lowest BCUT2D eigenvalue weighted by Gasteiger charge is -2.42. The number of aromatic nitrogens is 1. The minimum Gasteiger partial charge on any atom is -0.482 e. The van der Waals surface area contributed by atoms with Crippen molar-refractivity contribution < 1.29 is 27.5 Å². The van der Waals surface area contributed by atoms with Gasteiger partial charge in [0.2, 0.25) is 0 Å². The third-order valence-corrected chi connectivity index (χ3v) is 9.04. The molecule has 0 spiro atoms. The summed E-state index contributed by atoms with van der Waals surface area (Å²) in [5.41, 5.74) is 12.1. The van der Waals surface area contributed by atoms with E-state index in [1.165, 1.54) is 12.3 Å². The van der Waals surface area contributed by atoms with Crippen LogP contribution in [0, 0.1) is 23.7 Å². The molecule has 3 N–H and O–H groups in total. The number of hydrogen-bond acceptors (Lipinski definition) is 7. The van der Waals surface area contributed by atoms with E-state index in [9.17, 15) is 22.8 Å². The molecule has 1 aliphatic carbocycles. The Morgan fingerprint density at radius 1 is 0.881 bits per heavy atom. The van der Waals surface area contributed by atoms with Crippen LogP contribution in [0.3, 0.4) is 0 Å². The van der Waals surface area contributed by atoms with E-state index in [0.717, 1.165) is 11.4 Å². The monoisotopic (exact) mass is 598 g/mol. The van der Waals surface area contributed by atoms with E-state index in [1.807, 2.05) is 23.1 Å². The molecule has 0 radical (unpaired) electrons. The third kappa shape index (κ3) is 4.78. The molecule has 13 heteroatoms. The summed E-state index contributed by atoms with van der Waals surface area (Å²) in [4.78, 5) is 34.7. The molecule has 0 bridgehead atoms. The number of anilines is 2. The average molecular weight is 599 g/mol. The van der Waals surface area contributed by atoms with Crippen LogP contribution < -0.4 is 21.1 Å². The summed E-state index contributed by atoms with van der Waals surface area (Å²) in [5.74, 6) is 0.874. The molecule has 4 atom stereocenters. The number of benzene rings is 2. The number of amides is 2. The van der Waals surface area contributed by atoms with Crippen molar-refractivity contribution in [2.24, 2.45) is 23.7 Å². The van der Waals surface area contributed by atoms with Crippen LogP contribution in [0.15, 0.2) is 54.7 Å². The van der Waals surface area contributed by atoms with Crippen molar-refractivity contribution in [2.45, 2.75) is 6.18 Å². The normalized spacial score (nSPS) is 23.8. The Morgan fingerprint density at radius 3 is 2.14 bits per heavy atom. The maximum Gasteiger partial charge on any atom is 0.422 e. The molecule has 7 rings (SSSR count). The Balaban J connectivity index is 1.04. The number of alkyl halides is 3. The largest absolute Gasteiger partial charge is 0.482 e. The fourth-order valence-electron chi connectivity index (χ4n) is 6.80. The number of carbonyl (C=O) groups is 2. The smallest absolute Gasteiger partial charge is 0.422 e. The van der Waals surface area contributed by atoms with Crippen LogP contribution in [-0.2, 0) is 0 Å². The summed E-state index contributed by atoms with van der Waals surface area (Å²) in [7, 11) is 0. The van der Waals surface area contributed by atoms with Gasteiger partial charge in [0.05, 0.1) is 17.6 Å². The highest BCUT2D eigenvalue weighted by Gasteiger charge is 2.59. The van der Waals surface area contributed by atoms with Crippen molar-refractivity contribution in [1.29, 1.82) is 0 Å². The van der Waals surface area contributed by atoms with Crippen LogP contribution in [0.2, 0.25) is 5.02 Å². The summed E-state index contributed by atoms with van der Waals surface area (Å²) in [6.07, 6.45) is -3.35. The van der Waals surface area contributed by atoms with Crippen LogP contribution in [0.4, 0.5) is 24.5 Å². The molecule has 2 aromatic carbocycles. The van der Waals surface area contributed by atoms with Gasteiger partial charge in [-0.25, -0.2) is 4.98 Å². The topological polar surface area (TPSA) is 98.8 Å². The van der Waals surface area contributed by atoms with Gasteiger partial charge in [-0.05, 0) is 65.6 Å². The summed E-state index contributed by atoms with van der Waals surface area (Å²) < 4.78 is 43.6. The zero-order chi connectivity index (χ0) is 29.2. The van der Waals surface area contributed by atoms with Crippen molar-refractivity contribution in [3.8, 4) is 16.9 Å². The Bertz CT molecular complexity index is 1550. The maximum absolute atomic E-state index is 13.5. The quantitative estimate of drug-likeness (QED) is 0.392. The molecule has 1 saturated carbocycles. The lowest BCUT2D eigenvalue weighted by atomic mass is 9.60. The van der Waals surface area contributed by atoms with Crippen LogP contribution in [0.1, 0.15) is 20.8 Å². The molecule has 3 fully saturated rings. The second kappa shape index (κ2) is 10.1. The zero-order valence-corrected chi connectivity index (χ0v) is 22.9. The average Bonchev–Trinajstić information content (AvgIpc) is 3.70. The van der Waals surface area contributed by atoms with Crippen molar-refractivity contribution in [2.75, 3.05) is 43.6 Å². The Morgan fingerprint density at radius 2 is 1.50 bits per heavy atom. The predicted octanol–water partition coefficient (Wildman–Crippen LogP) is 4.69. The predicted molar refractivity (Wildman–Crippen MR) is 149 cm³/mol. The number of nitrogens with one attached hydrogen (secondary N) is 3. The van der Waals surface area contributed by atoms with E-state index >= 15 is 0 Å². The number of rotatable bonds is 5.